The average Bonchev–Trinajstić information content (AvgIpc) is 3.46. The number of hydrogen-bond donors (Lipinski definition) is 1. The Morgan fingerprint density at radius 3 is 2.17 bits per heavy atom. The summed E-state index contributed by atoms with van der Waals surface area (Å²) in [6.07, 6.45) is 3.10. The van der Waals surface area contributed by atoms with Crippen LogP contribution in [0.3, 0.4) is 0 Å². The minimum absolute atomic E-state index is 0.0695. The van der Waals surface area contributed by atoms with Crippen molar-refractivity contribution in [3.05, 3.63) is 36.3 Å². The molecule has 2 aliphatic carbocycles. The smallest absolute Gasteiger partial charge is 0.367 e. The summed E-state index contributed by atoms with van der Waals surface area (Å²) in [7, 11) is 0. The zero-order valence-electron chi connectivity index (χ0n) is 12.9. The van der Waals surface area contributed by atoms with Gasteiger partial charge < -0.3 is 5.32 Å². The molecule has 4 nitrogen and oxygen atoms in total. The minimum atomic E-state index is -4.50. The molecule has 2 aromatic rings. The molecule has 2 heterocycles. The largest absolute Gasteiger partial charge is 0.433 e. The van der Waals surface area contributed by atoms with E-state index < -0.39 is 11.9 Å². The SMILES string of the molecule is FC(F)(F)c1cc(NC(C2CC2)C2CC2)nc(-c2ccncc2)n1. The maximum atomic E-state index is 13.2. The fraction of sp³-hybridized carbons (Fsp3) is 0.471. The van der Waals surface area contributed by atoms with E-state index in [9.17, 15) is 13.2 Å². The van der Waals surface area contributed by atoms with Crippen molar-refractivity contribution >= 4 is 5.82 Å². The Hall–Kier alpha value is -2.18. The van der Waals surface area contributed by atoms with Crippen LogP contribution in [0.4, 0.5) is 19.0 Å². The highest BCUT2D eigenvalue weighted by Gasteiger charge is 2.42. The van der Waals surface area contributed by atoms with E-state index in [1.54, 1.807) is 12.1 Å². The average molecular weight is 334 g/mol. The molecule has 126 valence electrons. The number of hydrogen-bond acceptors (Lipinski definition) is 4. The number of rotatable bonds is 5. The number of halogens is 3. The second-order valence-electron chi connectivity index (χ2n) is 6.54. The normalized spacial score (nSPS) is 18.0. The van der Waals surface area contributed by atoms with Gasteiger partial charge in [0.1, 0.15) is 5.82 Å². The van der Waals surface area contributed by atoms with Crippen LogP contribution in [-0.4, -0.2) is 21.0 Å². The number of aromatic nitrogens is 3. The Morgan fingerprint density at radius 2 is 1.62 bits per heavy atom. The summed E-state index contributed by atoms with van der Waals surface area (Å²) < 4.78 is 39.6. The molecule has 2 fully saturated rings. The third kappa shape index (κ3) is 3.34. The van der Waals surface area contributed by atoms with Crippen LogP contribution < -0.4 is 5.32 Å². The maximum absolute atomic E-state index is 13.2. The Labute approximate surface area is 137 Å². The van der Waals surface area contributed by atoms with E-state index in [-0.39, 0.29) is 17.7 Å². The van der Waals surface area contributed by atoms with E-state index in [4.69, 9.17) is 0 Å². The molecule has 0 atom stereocenters. The van der Waals surface area contributed by atoms with E-state index in [1.807, 2.05) is 0 Å². The Kier molecular flexibility index (Phi) is 3.66. The molecule has 2 aromatic heterocycles. The van der Waals surface area contributed by atoms with Gasteiger partial charge in [-0.25, -0.2) is 9.97 Å². The monoisotopic (exact) mass is 334 g/mol. The summed E-state index contributed by atoms with van der Waals surface area (Å²) in [4.78, 5) is 11.9. The molecule has 0 saturated heterocycles. The molecule has 0 spiro atoms. The lowest BCUT2D eigenvalue weighted by molar-refractivity contribution is -0.141. The Morgan fingerprint density at radius 1 is 1.00 bits per heavy atom. The topological polar surface area (TPSA) is 50.7 Å². The van der Waals surface area contributed by atoms with Gasteiger partial charge in [0.05, 0.1) is 0 Å². The zero-order chi connectivity index (χ0) is 16.7. The predicted octanol–water partition coefficient (Wildman–Crippen LogP) is 4.16. The van der Waals surface area contributed by atoms with Crippen molar-refractivity contribution in [1.82, 2.24) is 15.0 Å². The summed E-state index contributed by atoms with van der Waals surface area (Å²) in [5.41, 5.74) is -0.397. The first kappa shape index (κ1) is 15.4. The predicted molar refractivity (Wildman–Crippen MR) is 83.1 cm³/mol. The molecular weight excluding hydrogens is 317 g/mol. The van der Waals surface area contributed by atoms with E-state index in [0.717, 1.165) is 31.7 Å². The number of nitrogens with one attached hydrogen (secondary N) is 1. The Balaban J connectivity index is 1.69. The molecular formula is C17H17F3N4. The van der Waals surface area contributed by atoms with Crippen LogP contribution in [0.1, 0.15) is 31.4 Å². The lowest BCUT2D eigenvalue weighted by atomic mass is 10.1. The van der Waals surface area contributed by atoms with Crippen LogP contribution in [0.15, 0.2) is 30.6 Å². The van der Waals surface area contributed by atoms with E-state index in [1.165, 1.54) is 12.4 Å². The van der Waals surface area contributed by atoms with Crippen LogP contribution in [0, 0.1) is 11.8 Å². The van der Waals surface area contributed by atoms with Crippen LogP contribution in [0.5, 0.6) is 0 Å². The zero-order valence-corrected chi connectivity index (χ0v) is 12.9. The first-order chi connectivity index (χ1) is 11.5. The van der Waals surface area contributed by atoms with Crippen LogP contribution in [-0.2, 0) is 6.18 Å². The third-order valence-corrected chi connectivity index (χ3v) is 4.53. The van der Waals surface area contributed by atoms with Gasteiger partial charge in [-0.3, -0.25) is 4.98 Å². The highest BCUT2D eigenvalue weighted by atomic mass is 19.4. The number of alkyl halides is 3. The van der Waals surface area contributed by atoms with Gasteiger partial charge >= 0.3 is 6.18 Å². The van der Waals surface area contributed by atoms with Gasteiger partial charge in [-0.1, -0.05) is 0 Å². The summed E-state index contributed by atoms with van der Waals surface area (Å²) in [6, 6.07) is 4.46. The minimum Gasteiger partial charge on any atom is -0.367 e. The van der Waals surface area contributed by atoms with E-state index in [2.05, 4.69) is 20.3 Å². The van der Waals surface area contributed by atoms with Crippen LogP contribution in [0.25, 0.3) is 11.4 Å². The molecule has 0 unspecified atom stereocenters. The van der Waals surface area contributed by atoms with Gasteiger partial charge in [-0.05, 0) is 49.7 Å². The third-order valence-electron chi connectivity index (χ3n) is 4.53. The molecule has 7 heteroatoms. The van der Waals surface area contributed by atoms with E-state index >= 15 is 0 Å². The fourth-order valence-electron chi connectivity index (χ4n) is 3.00. The molecule has 1 N–H and O–H groups in total. The molecule has 2 saturated carbocycles. The highest BCUT2D eigenvalue weighted by molar-refractivity contribution is 5.57. The van der Waals surface area contributed by atoms with Gasteiger partial charge in [0.25, 0.3) is 0 Å². The molecule has 2 aliphatic rings. The van der Waals surface area contributed by atoms with Gasteiger partial charge in [-0.2, -0.15) is 13.2 Å². The first-order valence-corrected chi connectivity index (χ1v) is 8.14. The Bertz CT molecular complexity index is 712. The molecule has 0 amide bonds. The van der Waals surface area contributed by atoms with Gasteiger partial charge in [0.2, 0.25) is 0 Å². The molecule has 4 rings (SSSR count). The molecule has 0 aliphatic heterocycles. The van der Waals surface area contributed by atoms with Crippen molar-refractivity contribution in [2.45, 2.75) is 37.9 Å². The second-order valence-corrected chi connectivity index (χ2v) is 6.54. The van der Waals surface area contributed by atoms with Gasteiger partial charge in [-0.15, -0.1) is 0 Å². The van der Waals surface area contributed by atoms with Crippen molar-refractivity contribution in [3.8, 4) is 11.4 Å². The maximum Gasteiger partial charge on any atom is 0.433 e. The molecule has 0 bridgehead atoms. The number of anilines is 1. The summed E-state index contributed by atoms with van der Waals surface area (Å²) >= 11 is 0. The summed E-state index contributed by atoms with van der Waals surface area (Å²) in [5.74, 6) is 1.45. The molecule has 0 aromatic carbocycles. The van der Waals surface area contributed by atoms with Crippen LogP contribution >= 0.6 is 0 Å². The number of pyridine rings is 1. The number of nitrogens with zero attached hydrogens (tertiary/aromatic N) is 3. The summed E-state index contributed by atoms with van der Waals surface area (Å²) in [6.45, 7) is 0. The second kappa shape index (κ2) is 5.72. The standard InChI is InChI=1S/C17H17F3N4/c18-17(19,20)13-9-14(23-15(10-1-2-10)11-3-4-11)24-16(22-13)12-5-7-21-8-6-12/h5-11,15H,1-4H2,(H,22,23,24). The molecule has 0 radical (unpaired) electrons. The van der Waals surface area contributed by atoms with Crippen molar-refractivity contribution in [2.75, 3.05) is 5.32 Å². The van der Waals surface area contributed by atoms with Crippen molar-refractivity contribution in [1.29, 1.82) is 0 Å². The van der Waals surface area contributed by atoms with Crippen molar-refractivity contribution in [2.24, 2.45) is 11.8 Å². The first-order valence-electron chi connectivity index (χ1n) is 8.14. The van der Waals surface area contributed by atoms with E-state index in [0.29, 0.717) is 17.4 Å². The molecule has 24 heavy (non-hydrogen) atoms. The highest BCUT2D eigenvalue weighted by Crippen LogP contribution is 2.46. The van der Waals surface area contributed by atoms with Crippen LogP contribution in [0.2, 0.25) is 0 Å². The quantitative estimate of drug-likeness (QED) is 0.892. The van der Waals surface area contributed by atoms with Gasteiger partial charge in [0, 0.05) is 30.1 Å². The fourth-order valence-corrected chi connectivity index (χ4v) is 3.00. The lowest BCUT2D eigenvalue weighted by Crippen LogP contribution is -2.25. The lowest BCUT2D eigenvalue weighted by Gasteiger charge is -2.19. The summed E-state index contributed by atoms with van der Waals surface area (Å²) in [5, 5.41) is 3.26. The van der Waals surface area contributed by atoms with Crippen molar-refractivity contribution < 1.29 is 13.2 Å². The van der Waals surface area contributed by atoms with Gasteiger partial charge in [0.15, 0.2) is 11.5 Å². The van der Waals surface area contributed by atoms with Crippen molar-refractivity contribution in [3.63, 3.8) is 0 Å².